The molecule has 17 heavy (non-hydrogen) atoms. The van der Waals surface area contributed by atoms with E-state index in [1.807, 2.05) is 0 Å². The highest BCUT2D eigenvalue weighted by Gasteiger charge is 2.20. The Kier molecular flexibility index (Phi) is 9.97. The molecule has 1 aliphatic carbocycles. The molecule has 1 rings (SSSR count). The molecule has 0 aliphatic heterocycles. The van der Waals surface area contributed by atoms with Gasteiger partial charge in [0.25, 0.3) is 0 Å². The summed E-state index contributed by atoms with van der Waals surface area (Å²) in [6.07, 6.45) is 5.55. The van der Waals surface area contributed by atoms with Gasteiger partial charge in [0, 0.05) is 19.6 Å². The quantitative estimate of drug-likeness (QED) is 0.463. The van der Waals surface area contributed by atoms with Crippen LogP contribution < -0.4 is 10.6 Å². The van der Waals surface area contributed by atoms with Crippen LogP contribution in [-0.2, 0) is 0 Å². The van der Waals surface area contributed by atoms with E-state index in [1.54, 1.807) is 0 Å². The van der Waals surface area contributed by atoms with Crippen LogP contribution in [0.25, 0.3) is 0 Å². The Morgan fingerprint density at radius 1 is 1.12 bits per heavy atom. The maximum absolute atomic E-state index is 4.67. The smallest absolute Gasteiger partial charge is 0.191 e. The first-order chi connectivity index (χ1) is 7.77. The molecule has 1 aliphatic rings. The van der Waals surface area contributed by atoms with Gasteiger partial charge in [-0.15, -0.1) is 24.0 Å². The van der Waals surface area contributed by atoms with Gasteiger partial charge in [0.1, 0.15) is 0 Å². The van der Waals surface area contributed by atoms with Crippen LogP contribution in [0.15, 0.2) is 4.99 Å². The summed E-state index contributed by atoms with van der Waals surface area (Å²) in [4.78, 5) is 4.67. The molecular formula is C13H28IN3. The number of hydrogen-bond acceptors (Lipinski definition) is 1. The van der Waals surface area contributed by atoms with E-state index >= 15 is 0 Å². The van der Waals surface area contributed by atoms with Crippen LogP contribution in [-0.4, -0.2) is 25.6 Å². The minimum absolute atomic E-state index is 0. The predicted molar refractivity (Wildman–Crippen MR) is 86.2 cm³/mol. The average Bonchev–Trinajstić information content (AvgIpc) is 2.28. The van der Waals surface area contributed by atoms with E-state index < -0.39 is 0 Å². The van der Waals surface area contributed by atoms with Gasteiger partial charge < -0.3 is 10.6 Å². The first-order valence-electron chi connectivity index (χ1n) is 6.80. The molecule has 1 fully saturated rings. The van der Waals surface area contributed by atoms with Gasteiger partial charge in [-0.05, 0) is 32.1 Å². The minimum atomic E-state index is 0. The van der Waals surface area contributed by atoms with Crippen LogP contribution in [0.5, 0.6) is 0 Å². The Balaban J connectivity index is 0.00000256. The zero-order valence-corrected chi connectivity index (χ0v) is 13.8. The zero-order valence-electron chi connectivity index (χ0n) is 11.5. The summed E-state index contributed by atoms with van der Waals surface area (Å²) in [5.74, 6) is 2.62. The number of hydrogen-bond donors (Lipinski definition) is 2. The van der Waals surface area contributed by atoms with Crippen LogP contribution in [0.3, 0.4) is 0 Å². The summed E-state index contributed by atoms with van der Waals surface area (Å²) < 4.78 is 0. The van der Waals surface area contributed by atoms with Gasteiger partial charge in [-0.1, -0.05) is 26.2 Å². The fraction of sp³-hybridized carbons (Fsp3) is 0.923. The summed E-state index contributed by atoms with van der Waals surface area (Å²) in [7, 11) is 0. The Hall–Kier alpha value is 0. The summed E-state index contributed by atoms with van der Waals surface area (Å²) in [5, 5.41) is 6.55. The monoisotopic (exact) mass is 353 g/mol. The molecule has 0 aromatic rings. The molecular weight excluding hydrogens is 325 g/mol. The molecule has 0 bridgehead atoms. The van der Waals surface area contributed by atoms with Crippen molar-refractivity contribution in [2.24, 2.45) is 16.8 Å². The van der Waals surface area contributed by atoms with Gasteiger partial charge >= 0.3 is 0 Å². The van der Waals surface area contributed by atoms with Crippen LogP contribution in [0.1, 0.15) is 46.5 Å². The van der Waals surface area contributed by atoms with E-state index in [9.17, 15) is 0 Å². The number of rotatable bonds is 4. The molecule has 0 heterocycles. The Morgan fingerprint density at radius 3 is 2.24 bits per heavy atom. The van der Waals surface area contributed by atoms with Crippen molar-refractivity contribution < 1.29 is 0 Å². The van der Waals surface area contributed by atoms with Crippen molar-refractivity contribution in [3.8, 4) is 0 Å². The topological polar surface area (TPSA) is 36.4 Å². The molecule has 1 saturated carbocycles. The molecule has 4 heteroatoms. The van der Waals surface area contributed by atoms with E-state index in [2.05, 4.69) is 36.4 Å². The molecule has 0 saturated heterocycles. The molecule has 0 radical (unpaired) electrons. The largest absolute Gasteiger partial charge is 0.357 e. The highest BCUT2D eigenvalue weighted by molar-refractivity contribution is 14.0. The zero-order chi connectivity index (χ0) is 11.8. The normalized spacial score (nSPS) is 23.5. The fourth-order valence-electron chi connectivity index (χ4n) is 2.38. The lowest BCUT2D eigenvalue weighted by Gasteiger charge is -2.27. The lowest BCUT2D eigenvalue weighted by atomic mass is 9.80. The number of aliphatic imine (C=N–C) groups is 1. The standard InChI is InChI=1S/C13H27N3.HI/c1-4-14-13(15-5-2)16-10-12-9-7-6-8-11(12)3;/h11-12H,4-10H2,1-3H3,(H2,14,15,16);1H. The van der Waals surface area contributed by atoms with Gasteiger partial charge in [-0.25, -0.2) is 0 Å². The molecule has 0 aromatic heterocycles. The third kappa shape index (κ3) is 6.48. The SMILES string of the molecule is CCNC(=NCC1CCCCC1C)NCC.I. The second-order valence-electron chi connectivity index (χ2n) is 4.77. The molecule has 0 spiro atoms. The molecule has 2 unspecified atom stereocenters. The van der Waals surface area contributed by atoms with Crippen LogP contribution in [0.2, 0.25) is 0 Å². The van der Waals surface area contributed by atoms with Gasteiger partial charge in [-0.2, -0.15) is 0 Å². The maximum Gasteiger partial charge on any atom is 0.191 e. The Morgan fingerprint density at radius 2 is 1.71 bits per heavy atom. The fourth-order valence-corrected chi connectivity index (χ4v) is 2.38. The second-order valence-corrected chi connectivity index (χ2v) is 4.77. The van der Waals surface area contributed by atoms with E-state index in [4.69, 9.17) is 0 Å². The first kappa shape index (κ1) is 17.0. The summed E-state index contributed by atoms with van der Waals surface area (Å²) >= 11 is 0. The number of halogens is 1. The van der Waals surface area contributed by atoms with E-state index in [-0.39, 0.29) is 24.0 Å². The van der Waals surface area contributed by atoms with E-state index in [0.29, 0.717) is 0 Å². The molecule has 0 amide bonds. The van der Waals surface area contributed by atoms with Crippen molar-refractivity contribution in [3.63, 3.8) is 0 Å². The van der Waals surface area contributed by atoms with Crippen molar-refractivity contribution in [1.29, 1.82) is 0 Å². The van der Waals surface area contributed by atoms with Gasteiger partial charge in [0.15, 0.2) is 5.96 Å². The van der Waals surface area contributed by atoms with Crippen molar-refractivity contribution >= 4 is 29.9 Å². The molecule has 3 nitrogen and oxygen atoms in total. The van der Waals surface area contributed by atoms with Crippen molar-refractivity contribution in [2.75, 3.05) is 19.6 Å². The number of guanidine groups is 1. The highest BCUT2D eigenvalue weighted by Crippen LogP contribution is 2.29. The molecule has 0 aromatic carbocycles. The van der Waals surface area contributed by atoms with Crippen molar-refractivity contribution in [2.45, 2.75) is 46.5 Å². The van der Waals surface area contributed by atoms with Gasteiger partial charge in [0.2, 0.25) is 0 Å². The molecule has 2 atom stereocenters. The lowest BCUT2D eigenvalue weighted by Crippen LogP contribution is -2.37. The number of nitrogens with zero attached hydrogens (tertiary/aromatic N) is 1. The van der Waals surface area contributed by atoms with E-state index in [1.165, 1.54) is 25.7 Å². The van der Waals surface area contributed by atoms with Gasteiger partial charge in [0.05, 0.1) is 0 Å². The van der Waals surface area contributed by atoms with Crippen LogP contribution in [0, 0.1) is 11.8 Å². The summed E-state index contributed by atoms with van der Waals surface area (Å²) in [6.45, 7) is 9.44. The Bertz CT molecular complexity index is 211. The third-order valence-electron chi connectivity index (χ3n) is 3.46. The second kappa shape index (κ2) is 9.97. The van der Waals surface area contributed by atoms with Crippen LogP contribution >= 0.6 is 24.0 Å². The maximum atomic E-state index is 4.67. The predicted octanol–water partition coefficient (Wildman–Crippen LogP) is 3.01. The highest BCUT2D eigenvalue weighted by atomic mass is 127. The van der Waals surface area contributed by atoms with E-state index in [0.717, 1.165) is 37.4 Å². The average molecular weight is 353 g/mol. The molecule has 2 N–H and O–H groups in total. The van der Waals surface area contributed by atoms with Crippen LogP contribution in [0.4, 0.5) is 0 Å². The first-order valence-corrected chi connectivity index (χ1v) is 6.80. The van der Waals surface area contributed by atoms with Crippen molar-refractivity contribution in [3.05, 3.63) is 0 Å². The lowest BCUT2D eigenvalue weighted by molar-refractivity contribution is 0.263. The van der Waals surface area contributed by atoms with Crippen molar-refractivity contribution in [1.82, 2.24) is 10.6 Å². The Labute approximate surface area is 123 Å². The summed E-state index contributed by atoms with van der Waals surface area (Å²) in [5.41, 5.74) is 0. The molecule has 102 valence electrons. The summed E-state index contributed by atoms with van der Waals surface area (Å²) in [6, 6.07) is 0. The minimum Gasteiger partial charge on any atom is -0.357 e. The van der Waals surface area contributed by atoms with Gasteiger partial charge in [-0.3, -0.25) is 4.99 Å². The number of nitrogens with one attached hydrogen (secondary N) is 2. The third-order valence-corrected chi connectivity index (χ3v) is 3.46.